The van der Waals surface area contributed by atoms with Gasteiger partial charge in [0, 0.05) is 4.47 Å². The quantitative estimate of drug-likeness (QED) is 0.725. The summed E-state index contributed by atoms with van der Waals surface area (Å²) in [6.07, 6.45) is 0.256. The molecule has 0 heterocycles. The lowest BCUT2D eigenvalue weighted by Crippen LogP contribution is -2.19. The van der Waals surface area contributed by atoms with Gasteiger partial charge in [-0.15, -0.1) is 0 Å². The Morgan fingerprint density at radius 2 is 1.70 bits per heavy atom. The molecular weight excluding hydrogens is 380 g/mol. The monoisotopic (exact) mass is 398 g/mol. The van der Waals surface area contributed by atoms with Crippen molar-refractivity contribution in [3.05, 3.63) is 64.1 Å². The minimum Gasteiger partial charge on any atom is -0.391 e. The summed E-state index contributed by atoms with van der Waals surface area (Å²) >= 11 is 3.36. The van der Waals surface area contributed by atoms with Crippen molar-refractivity contribution in [1.82, 2.24) is 0 Å². The zero-order valence-corrected chi connectivity index (χ0v) is 15.2. The lowest BCUT2D eigenvalue weighted by molar-refractivity contribution is 0.103. The molecule has 1 atom stereocenters. The molecule has 0 fully saturated rings. The van der Waals surface area contributed by atoms with E-state index in [1.54, 1.807) is 12.1 Å². The molecule has 4 nitrogen and oxygen atoms in total. The lowest BCUT2D eigenvalue weighted by Gasteiger charge is -2.11. The number of rotatable bonds is 7. The van der Waals surface area contributed by atoms with Crippen LogP contribution in [0.15, 0.2) is 57.9 Å². The molecule has 2 aromatic carbocycles. The van der Waals surface area contributed by atoms with Crippen molar-refractivity contribution >= 4 is 26.0 Å². The third-order valence-corrected chi connectivity index (χ3v) is 5.23. The van der Waals surface area contributed by atoms with Crippen LogP contribution in [0.3, 0.4) is 0 Å². The van der Waals surface area contributed by atoms with Crippen LogP contribution in [0.1, 0.15) is 17.5 Å². The van der Waals surface area contributed by atoms with E-state index in [1.165, 1.54) is 12.1 Å². The second kappa shape index (κ2) is 8.06. The number of benzene rings is 2. The molecule has 0 spiro atoms. The summed E-state index contributed by atoms with van der Waals surface area (Å²) in [5.74, 6) is 0. The summed E-state index contributed by atoms with van der Waals surface area (Å²) < 4.78 is 30.0. The maximum atomic E-state index is 12.0. The Bertz CT molecular complexity index is 724. The van der Waals surface area contributed by atoms with E-state index in [0.29, 0.717) is 12.8 Å². The van der Waals surface area contributed by atoms with Crippen LogP contribution < -0.4 is 0 Å². The van der Waals surface area contributed by atoms with Gasteiger partial charge in [-0.25, -0.2) is 0 Å². The summed E-state index contributed by atoms with van der Waals surface area (Å²) in [6, 6.07) is 14.2. The maximum absolute atomic E-state index is 12.0. The standard InChI is InChI=1S/C17H19BrO4S/c1-13-2-10-17(11-3-13)23(20,21)22-12-16(19)9-6-14-4-7-15(18)8-5-14/h2-5,7-8,10-11,16,19H,6,9,12H2,1H3/t16-/m1/s1. The SMILES string of the molecule is Cc1ccc(S(=O)(=O)OC[C@H](O)CCc2ccc(Br)cc2)cc1. The van der Waals surface area contributed by atoms with Gasteiger partial charge in [0.2, 0.25) is 0 Å². The van der Waals surface area contributed by atoms with E-state index in [2.05, 4.69) is 15.9 Å². The van der Waals surface area contributed by atoms with Crippen LogP contribution in [0.25, 0.3) is 0 Å². The Morgan fingerprint density at radius 1 is 1.09 bits per heavy atom. The Labute approximate surface area is 145 Å². The number of aliphatic hydroxyl groups excluding tert-OH is 1. The van der Waals surface area contributed by atoms with Gasteiger partial charge < -0.3 is 5.11 Å². The molecule has 0 aliphatic carbocycles. The Kier molecular flexibility index (Phi) is 6.35. The predicted molar refractivity (Wildman–Crippen MR) is 92.8 cm³/mol. The fraction of sp³-hybridized carbons (Fsp3) is 0.294. The van der Waals surface area contributed by atoms with Crippen molar-refractivity contribution < 1.29 is 17.7 Å². The summed E-state index contributed by atoms with van der Waals surface area (Å²) in [6.45, 7) is 1.63. The number of hydrogen-bond donors (Lipinski definition) is 1. The fourth-order valence-electron chi connectivity index (χ4n) is 2.01. The molecular formula is C17H19BrO4S. The molecule has 0 saturated carbocycles. The molecule has 23 heavy (non-hydrogen) atoms. The average Bonchev–Trinajstić information content (AvgIpc) is 2.53. The second-order valence-electron chi connectivity index (χ2n) is 5.37. The van der Waals surface area contributed by atoms with Crippen molar-refractivity contribution in [2.45, 2.75) is 30.8 Å². The number of hydrogen-bond acceptors (Lipinski definition) is 4. The second-order valence-corrected chi connectivity index (χ2v) is 7.90. The molecule has 6 heteroatoms. The topological polar surface area (TPSA) is 63.6 Å². The first-order chi connectivity index (χ1) is 10.9. The summed E-state index contributed by atoms with van der Waals surface area (Å²) in [5.41, 5.74) is 2.05. The highest BCUT2D eigenvalue weighted by Crippen LogP contribution is 2.15. The summed E-state index contributed by atoms with van der Waals surface area (Å²) in [7, 11) is -3.83. The van der Waals surface area contributed by atoms with Crippen molar-refractivity contribution in [1.29, 1.82) is 0 Å². The lowest BCUT2D eigenvalue weighted by atomic mass is 10.1. The van der Waals surface area contributed by atoms with E-state index in [0.717, 1.165) is 15.6 Å². The molecule has 1 N–H and O–H groups in total. The highest BCUT2D eigenvalue weighted by Gasteiger charge is 2.17. The summed E-state index contributed by atoms with van der Waals surface area (Å²) in [4.78, 5) is 0.100. The number of aryl methyl sites for hydroxylation is 2. The van der Waals surface area contributed by atoms with Crippen LogP contribution in [0.5, 0.6) is 0 Å². The smallest absolute Gasteiger partial charge is 0.297 e. The third-order valence-electron chi connectivity index (χ3n) is 3.40. The van der Waals surface area contributed by atoms with Crippen molar-refractivity contribution in [3.63, 3.8) is 0 Å². The third kappa shape index (κ3) is 5.73. The molecule has 0 aliphatic heterocycles. The van der Waals surface area contributed by atoms with Crippen LogP contribution in [-0.2, 0) is 20.7 Å². The highest BCUT2D eigenvalue weighted by atomic mass is 79.9. The van der Waals surface area contributed by atoms with Gasteiger partial charge in [0.15, 0.2) is 0 Å². The molecule has 0 bridgehead atoms. The molecule has 2 aromatic rings. The van der Waals surface area contributed by atoms with Crippen LogP contribution in [0.4, 0.5) is 0 Å². The minimum absolute atomic E-state index is 0.100. The summed E-state index contributed by atoms with van der Waals surface area (Å²) in [5, 5.41) is 9.92. The van der Waals surface area contributed by atoms with E-state index >= 15 is 0 Å². The number of aliphatic hydroxyl groups is 1. The number of halogens is 1. The minimum atomic E-state index is -3.83. The zero-order chi connectivity index (χ0) is 16.9. The molecule has 2 rings (SSSR count). The Balaban J connectivity index is 1.84. The van der Waals surface area contributed by atoms with Crippen molar-refractivity contribution in [3.8, 4) is 0 Å². The van der Waals surface area contributed by atoms with Crippen molar-refractivity contribution in [2.24, 2.45) is 0 Å². The Hall–Kier alpha value is -1.21. The van der Waals surface area contributed by atoms with E-state index < -0.39 is 16.2 Å². The van der Waals surface area contributed by atoms with Gasteiger partial charge in [-0.1, -0.05) is 45.8 Å². The van der Waals surface area contributed by atoms with Gasteiger partial charge >= 0.3 is 0 Å². The van der Waals surface area contributed by atoms with Crippen LogP contribution >= 0.6 is 15.9 Å². The van der Waals surface area contributed by atoms with E-state index in [-0.39, 0.29) is 11.5 Å². The van der Waals surface area contributed by atoms with E-state index in [1.807, 2.05) is 31.2 Å². The molecule has 0 radical (unpaired) electrons. The zero-order valence-electron chi connectivity index (χ0n) is 12.8. The molecule has 0 unspecified atom stereocenters. The molecule has 0 saturated heterocycles. The van der Waals surface area contributed by atoms with Gasteiger partial charge in [-0.05, 0) is 49.6 Å². The maximum Gasteiger partial charge on any atom is 0.297 e. The average molecular weight is 399 g/mol. The van der Waals surface area contributed by atoms with Crippen LogP contribution in [0.2, 0.25) is 0 Å². The largest absolute Gasteiger partial charge is 0.391 e. The van der Waals surface area contributed by atoms with Crippen LogP contribution in [-0.4, -0.2) is 26.2 Å². The first kappa shape index (κ1) is 18.1. The van der Waals surface area contributed by atoms with Gasteiger partial charge in [0.1, 0.15) is 0 Å². The van der Waals surface area contributed by atoms with Crippen molar-refractivity contribution in [2.75, 3.05) is 6.61 Å². The van der Waals surface area contributed by atoms with E-state index in [4.69, 9.17) is 4.18 Å². The molecule has 124 valence electrons. The van der Waals surface area contributed by atoms with Gasteiger partial charge in [0.05, 0.1) is 17.6 Å². The molecule has 0 amide bonds. The highest BCUT2D eigenvalue weighted by molar-refractivity contribution is 9.10. The Morgan fingerprint density at radius 3 is 2.30 bits per heavy atom. The fourth-order valence-corrected chi connectivity index (χ4v) is 3.21. The normalized spacial score (nSPS) is 13.0. The van der Waals surface area contributed by atoms with Crippen LogP contribution in [0, 0.1) is 6.92 Å². The van der Waals surface area contributed by atoms with Gasteiger partial charge in [-0.3, -0.25) is 4.18 Å². The first-order valence-electron chi connectivity index (χ1n) is 7.25. The van der Waals surface area contributed by atoms with Gasteiger partial charge in [0.25, 0.3) is 10.1 Å². The molecule has 0 aliphatic rings. The van der Waals surface area contributed by atoms with Gasteiger partial charge in [-0.2, -0.15) is 8.42 Å². The van der Waals surface area contributed by atoms with E-state index in [9.17, 15) is 13.5 Å². The first-order valence-corrected chi connectivity index (χ1v) is 9.45. The molecule has 0 aromatic heterocycles. The predicted octanol–water partition coefficient (Wildman–Crippen LogP) is 3.46.